The Labute approximate surface area is 161 Å². The number of para-hydroxylation sites is 1. The first-order valence-electron chi connectivity index (χ1n) is 8.04. The lowest BCUT2D eigenvalue weighted by molar-refractivity contribution is -0.384. The molecule has 0 saturated carbocycles. The highest BCUT2D eigenvalue weighted by Gasteiger charge is 2.20. The second kappa shape index (κ2) is 7.92. The zero-order chi connectivity index (χ0) is 19.4. The summed E-state index contributed by atoms with van der Waals surface area (Å²) < 4.78 is 5.28. The number of benzene rings is 3. The lowest BCUT2D eigenvalue weighted by Gasteiger charge is -2.19. The molecule has 0 unspecified atom stereocenters. The van der Waals surface area contributed by atoms with E-state index in [0.29, 0.717) is 11.3 Å². The number of hydrogen-bond donors (Lipinski definition) is 1. The molecule has 6 nitrogen and oxygen atoms in total. The van der Waals surface area contributed by atoms with Gasteiger partial charge in [0.05, 0.1) is 16.6 Å². The molecule has 0 spiro atoms. The van der Waals surface area contributed by atoms with Crippen LogP contribution in [0.2, 0.25) is 0 Å². The Kier molecular flexibility index (Phi) is 5.42. The van der Waals surface area contributed by atoms with Gasteiger partial charge < -0.3 is 9.64 Å². The van der Waals surface area contributed by atoms with Crippen molar-refractivity contribution in [1.82, 2.24) is 0 Å². The fourth-order valence-corrected chi connectivity index (χ4v) is 2.70. The summed E-state index contributed by atoms with van der Waals surface area (Å²) in [7, 11) is 1.74. The van der Waals surface area contributed by atoms with E-state index in [4.69, 9.17) is 4.74 Å². The van der Waals surface area contributed by atoms with E-state index >= 15 is 0 Å². The molecular weight excluding hydrogens is 364 g/mol. The van der Waals surface area contributed by atoms with Crippen LogP contribution in [0.1, 0.15) is 10.4 Å². The van der Waals surface area contributed by atoms with Crippen LogP contribution in [0.4, 0.5) is 17.1 Å². The van der Waals surface area contributed by atoms with E-state index < -0.39 is 10.9 Å². The molecule has 0 heterocycles. The van der Waals surface area contributed by atoms with E-state index in [9.17, 15) is 14.9 Å². The van der Waals surface area contributed by atoms with Crippen LogP contribution in [0.15, 0.2) is 77.7 Å². The van der Waals surface area contributed by atoms with Gasteiger partial charge in [0.15, 0.2) is 0 Å². The van der Waals surface area contributed by atoms with Gasteiger partial charge in [0.1, 0.15) is 11.4 Å². The van der Waals surface area contributed by atoms with Gasteiger partial charge >= 0.3 is 5.97 Å². The number of rotatable bonds is 5. The maximum Gasteiger partial charge on any atom is 0.343 e. The van der Waals surface area contributed by atoms with Gasteiger partial charge in [0, 0.05) is 17.6 Å². The summed E-state index contributed by atoms with van der Waals surface area (Å²) in [5.74, 6) is -0.492. The summed E-state index contributed by atoms with van der Waals surface area (Å²) in [5.41, 5.74) is 1.38. The quantitative estimate of drug-likeness (QED) is 0.225. The number of hydrogen-bond acceptors (Lipinski definition) is 6. The van der Waals surface area contributed by atoms with Crippen molar-refractivity contribution in [3.8, 4) is 5.75 Å². The Morgan fingerprint density at radius 3 is 2.33 bits per heavy atom. The minimum Gasteiger partial charge on any atom is -0.423 e. The molecule has 0 aliphatic carbocycles. The smallest absolute Gasteiger partial charge is 0.343 e. The van der Waals surface area contributed by atoms with Crippen molar-refractivity contribution in [2.45, 2.75) is 4.90 Å². The van der Waals surface area contributed by atoms with Gasteiger partial charge in [-0.3, -0.25) is 10.1 Å². The van der Waals surface area contributed by atoms with Crippen molar-refractivity contribution in [2.75, 3.05) is 11.9 Å². The van der Waals surface area contributed by atoms with Gasteiger partial charge in [0.2, 0.25) is 0 Å². The van der Waals surface area contributed by atoms with Crippen molar-refractivity contribution < 1.29 is 14.5 Å². The third-order valence-corrected chi connectivity index (χ3v) is 4.26. The van der Waals surface area contributed by atoms with Crippen LogP contribution < -0.4 is 9.64 Å². The van der Waals surface area contributed by atoms with Gasteiger partial charge in [-0.1, -0.05) is 18.2 Å². The summed E-state index contributed by atoms with van der Waals surface area (Å²) in [6, 6.07) is 20.1. The Balaban J connectivity index is 1.88. The minimum atomic E-state index is -0.596. The van der Waals surface area contributed by atoms with Gasteiger partial charge in [-0.05, 0) is 48.5 Å². The Hall–Kier alpha value is -3.32. The molecule has 3 rings (SSSR count). The normalized spacial score (nSPS) is 10.3. The Bertz CT molecular complexity index is 975. The van der Waals surface area contributed by atoms with Crippen LogP contribution in [-0.2, 0) is 0 Å². The Morgan fingerprint density at radius 1 is 1.04 bits per heavy atom. The molecule has 0 radical (unpaired) electrons. The number of nitro benzene ring substituents is 1. The molecule has 0 atom stereocenters. The number of nitrogens with zero attached hydrogens (tertiary/aromatic N) is 2. The highest BCUT2D eigenvalue weighted by atomic mass is 32.1. The third-order valence-electron chi connectivity index (χ3n) is 3.96. The number of thiol groups is 1. The van der Waals surface area contributed by atoms with Crippen LogP contribution in [0.25, 0.3) is 0 Å². The lowest BCUT2D eigenvalue weighted by atomic mass is 10.2. The molecule has 3 aromatic carbocycles. The molecular formula is C20H16N2O4S. The zero-order valence-electron chi connectivity index (χ0n) is 14.4. The molecule has 7 heteroatoms. The predicted molar refractivity (Wildman–Crippen MR) is 106 cm³/mol. The first-order valence-corrected chi connectivity index (χ1v) is 8.49. The standard InChI is InChI=1S/C20H16N2O4S/c1-21(15-5-3-2-4-6-15)18-12-9-16(13-19(18)22(24)25)26-20(23)14-7-10-17(27)11-8-14/h2-13,27H,1H3. The number of carbonyl (C=O) groups is 1. The largest absolute Gasteiger partial charge is 0.423 e. The SMILES string of the molecule is CN(c1ccccc1)c1ccc(OC(=O)c2ccc(S)cc2)cc1[N+](=O)[O-]. The van der Waals surface area contributed by atoms with Crippen molar-refractivity contribution in [2.24, 2.45) is 0 Å². The van der Waals surface area contributed by atoms with E-state index in [0.717, 1.165) is 10.6 Å². The third kappa shape index (κ3) is 4.27. The van der Waals surface area contributed by atoms with Crippen molar-refractivity contribution >= 4 is 35.7 Å². The van der Waals surface area contributed by atoms with Crippen molar-refractivity contribution in [3.05, 3.63) is 88.5 Å². The molecule has 0 aliphatic rings. The average Bonchev–Trinajstić information content (AvgIpc) is 2.68. The van der Waals surface area contributed by atoms with Gasteiger partial charge in [-0.15, -0.1) is 12.6 Å². The molecule has 136 valence electrons. The van der Waals surface area contributed by atoms with Crippen LogP contribution in [0, 0.1) is 10.1 Å². The number of esters is 1. The van der Waals surface area contributed by atoms with E-state index in [1.165, 1.54) is 12.1 Å². The van der Waals surface area contributed by atoms with E-state index in [-0.39, 0.29) is 11.4 Å². The first-order chi connectivity index (χ1) is 13.0. The molecule has 27 heavy (non-hydrogen) atoms. The summed E-state index contributed by atoms with van der Waals surface area (Å²) in [6.07, 6.45) is 0. The first kappa shape index (κ1) is 18.5. The predicted octanol–water partition coefficient (Wildman–Crippen LogP) is 4.87. The van der Waals surface area contributed by atoms with Crippen molar-refractivity contribution in [3.63, 3.8) is 0 Å². The maximum absolute atomic E-state index is 12.2. The van der Waals surface area contributed by atoms with Crippen LogP contribution in [0.5, 0.6) is 5.75 Å². The van der Waals surface area contributed by atoms with Gasteiger partial charge in [-0.25, -0.2) is 4.79 Å². The second-order valence-electron chi connectivity index (χ2n) is 5.74. The van der Waals surface area contributed by atoms with Gasteiger partial charge in [-0.2, -0.15) is 0 Å². The topological polar surface area (TPSA) is 72.7 Å². The monoisotopic (exact) mass is 380 g/mol. The Morgan fingerprint density at radius 2 is 1.70 bits per heavy atom. The maximum atomic E-state index is 12.2. The number of nitro groups is 1. The molecule has 0 aromatic heterocycles. The molecule has 3 aromatic rings. The molecule has 0 N–H and O–H groups in total. The lowest BCUT2D eigenvalue weighted by Crippen LogP contribution is -2.12. The number of anilines is 2. The zero-order valence-corrected chi connectivity index (χ0v) is 15.3. The fraction of sp³-hybridized carbons (Fsp3) is 0.0500. The van der Waals surface area contributed by atoms with E-state index in [1.807, 2.05) is 30.3 Å². The van der Waals surface area contributed by atoms with Crippen LogP contribution in [0.3, 0.4) is 0 Å². The number of ether oxygens (including phenoxy) is 1. The summed E-state index contributed by atoms with van der Waals surface area (Å²) in [4.78, 5) is 25.7. The highest BCUT2D eigenvalue weighted by Crippen LogP contribution is 2.35. The van der Waals surface area contributed by atoms with E-state index in [1.54, 1.807) is 42.3 Å². The van der Waals surface area contributed by atoms with Crippen LogP contribution >= 0.6 is 12.6 Å². The number of carbonyl (C=O) groups excluding carboxylic acids is 1. The summed E-state index contributed by atoms with van der Waals surface area (Å²) in [6.45, 7) is 0. The summed E-state index contributed by atoms with van der Waals surface area (Å²) in [5, 5.41) is 11.5. The minimum absolute atomic E-state index is 0.104. The van der Waals surface area contributed by atoms with Crippen molar-refractivity contribution in [1.29, 1.82) is 0 Å². The molecule has 0 saturated heterocycles. The van der Waals surface area contributed by atoms with Crippen LogP contribution in [-0.4, -0.2) is 17.9 Å². The average molecular weight is 380 g/mol. The van der Waals surface area contributed by atoms with E-state index in [2.05, 4.69) is 12.6 Å². The molecule has 0 amide bonds. The molecule has 0 bridgehead atoms. The molecule has 0 aliphatic heterocycles. The second-order valence-corrected chi connectivity index (χ2v) is 6.25. The fourth-order valence-electron chi connectivity index (χ4n) is 2.55. The molecule has 0 fully saturated rings. The highest BCUT2D eigenvalue weighted by molar-refractivity contribution is 7.80. The summed E-state index contributed by atoms with van der Waals surface area (Å²) >= 11 is 4.16. The van der Waals surface area contributed by atoms with Gasteiger partial charge in [0.25, 0.3) is 5.69 Å².